The Bertz CT molecular complexity index is 75.0. The van der Waals surface area contributed by atoms with E-state index in [2.05, 4.69) is 16.7 Å². The lowest BCUT2D eigenvalue weighted by molar-refractivity contribution is -0.0181. The summed E-state index contributed by atoms with van der Waals surface area (Å²) in [7, 11) is 0. The lowest BCUT2D eigenvalue weighted by Gasteiger charge is -2.13. The quantitative estimate of drug-likeness (QED) is 0.429. The maximum absolute atomic E-state index is 8.94. The molecule has 0 aromatic carbocycles. The smallest absolute Gasteiger partial charge is 0.145 e. The molecule has 0 atom stereocenters. The van der Waals surface area contributed by atoms with Crippen molar-refractivity contribution in [3.05, 3.63) is 0 Å². The molecule has 0 heterocycles. The molecular weight excluding hydrogens is 106 g/mol. The molecule has 8 heavy (non-hydrogen) atoms. The van der Waals surface area contributed by atoms with Gasteiger partial charge in [0.05, 0.1) is 5.60 Å². The van der Waals surface area contributed by atoms with Crippen molar-refractivity contribution >= 4 is 6.72 Å². The standard InChI is InChI=1S/C5H11NO2/c1-5(2,7)4-8-6-3/h7H,3-4H2,1-2H3. The summed E-state index contributed by atoms with van der Waals surface area (Å²) in [6.45, 7) is 6.55. The molecule has 0 bridgehead atoms. The Hall–Kier alpha value is -0.570. The molecule has 0 aliphatic rings. The summed E-state index contributed by atoms with van der Waals surface area (Å²) in [6, 6.07) is 0. The number of hydrogen-bond donors (Lipinski definition) is 1. The highest BCUT2D eigenvalue weighted by Crippen LogP contribution is 1.99. The third-order valence-corrected chi connectivity index (χ3v) is 0.509. The first-order valence-corrected chi connectivity index (χ1v) is 2.36. The molecule has 0 aromatic rings. The van der Waals surface area contributed by atoms with Crippen molar-refractivity contribution in [3.8, 4) is 0 Å². The van der Waals surface area contributed by atoms with Crippen LogP contribution in [0.5, 0.6) is 0 Å². The van der Waals surface area contributed by atoms with Crippen molar-refractivity contribution in [2.24, 2.45) is 5.16 Å². The second kappa shape index (κ2) is 2.67. The van der Waals surface area contributed by atoms with Crippen molar-refractivity contribution < 1.29 is 9.94 Å². The average Bonchev–Trinajstić information content (AvgIpc) is 1.59. The van der Waals surface area contributed by atoms with Gasteiger partial charge in [0.2, 0.25) is 0 Å². The van der Waals surface area contributed by atoms with Crippen molar-refractivity contribution in [2.45, 2.75) is 19.4 Å². The first-order chi connectivity index (χ1) is 3.56. The Labute approximate surface area is 49.0 Å². The number of hydrogen-bond acceptors (Lipinski definition) is 3. The van der Waals surface area contributed by atoms with Gasteiger partial charge in [-0.2, -0.15) is 0 Å². The van der Waals surface area contributed by atoms with Gasteiger partial charge in [0.25, 0.3) is 0 Å². The Kier molecular flexibility index (Phi) is 2.48. The molecule has 0 radical (unpaired) electrons. The number of aliphatic hydroxyl groups is 1. The van der Waals surface area contributed by atoms with E-state index >= 15 is 0 Å². The van der Waals surface area contributed by atoms with Gasteiger partial charge >= 0.3 is 0 Å². The fourth-order valence-corrected chi connectivity index (χ4v) is 0.204. The van der Waals surface area contributed by atoms with Crippen LogP contribution < -0.4 is 0 Å². The van der Waals surface area contributed by atoms with Crippen LogP contribution >= 0.6 is 0 Å². The minimum atomic E-state index is -0.804. The summed E-state index contributed by atoms with van der Waals surface area (Å²) in [6.07, 6.45) is 0. The molecule has 0 aliphatic heterocycles. The molecule has 0 aromatic heterocycles. The van der Waals surface area contributed by atoms with E-state index in [0.717, 1.165) is 0 Å². The fourth-order valence-electron chi connectivity index (χ4n) is 0.204. The molecule has 0 saturated heterocycles. The minimum Gasteiger partial charge on any atom is -0.393 e. The van der Waals surface area contributed by atoms with Gasteiger partial charge in [-0.15, -0.1) is 5.16 Å². The van der Waals surface area contributed by atoms with Crippen LogP contribution in [-0.2, 0) is 4.84 Å². The summed E-state index contributed by atoms with van der Waals surface area (Å²) in [5, 5.41) is 12.0. The second-order valence-corrected chi connectivity index (χ2v) is 2.21. The second-order valence-electron chi connectivity index (χ2n) is 2.21. The van der Waals surface area contributed by atoms with Crippen LogP contribution in [0.2, 0.25) is 0 Å². The number of rotatable bonds is 3. The Morgan fingerprint density at radius 3 is 2.38 bits per heavy atom. The van der Waals surface area contributed by atoms with Crippen LogP contribution in [0.1, 0.15) is 13.8 Å². The molecule has 0 spiro atoms. The van der Waals surface area contributed by atoms with Gasteiger partial charge in [0.1, 0.15) is 6.61 Å². The maximum Gasteiger partial charge on any atom is 0.145 e. The van der Waals surface area contributed by atoms with E-state index in [4.69, 9.17) is 5.11 Å². The van der Waals surface area contributed by atoms with Crippen molar-refractivity contribution in [1.82, 2.24) is 0 Å². The van der Waals surface area contributed by atoms with Gasteiger partial charge in [0.15, 0.2) is 0 Å². The lowest BCUT2D eigenvalue weighted by Crippen LogP contribution is -2.24. The average molecular weight is 117 g/mol. The maximum atomic E-state index is 8.94. The predicted octanol–water partition coefficient (Wildman–Crippen LogP) is 0.390. The summed E-state index contributed by atoms with van der Waals surface area (Å²) in [5.41, 5.74) is -0.804. The molecule has 3 heteroatoms. The molecular formula is C5H11NO2. The van der Waals surface area contributed by atoms with Crippen LogP contribution in [0.3, 0.4) is 0 Å². The van der Waals surface area contributed by atoms with Crippen molar-refractivity contribution in [2.75, 3.05) is 6.61 Å². The van der Waals surface area contributed by atoms with E-state index < -0.39 is 5.60 Å². The molecule has 0 fully saturated rings. The van der Waals surface area contributed by atoms with Crippen molar-refractivity contribution in [1.29, 1.82) is 0 Å². The minimum absolute atomic E-state index is 0.191. The predicted molar refractivity (Wildman–Crippen MR) is 31.8 cm³/mol. The van der Waals surface area contributed by atoms with Gasteiger partial charge in [-0.05, 0) is 13.8 Å². The van der Waals surface area contributed by atoms with Gasteiger partial charge in [0, 0.05) is 6.72 Å². The van der Waals surface area contributed by atoms with E-state index in [0.29, 0.717) is 0 Å². The zero-order valence-corrected chi connectivity index (χ0v) is 5.22. The monoisotopic (exact) mass is 117 g/mol. The van der Waals surface area contributed by atoms with Gasteiger partial charge in [-0.25, -0.2) is 0 Å². The lowest BCUT2D eigenvalue weighted by atomic mass is 10.2. The molecule has 0 saturated carbocycles. The van der Waals surface area contributed by atoms with Crippen LogP contribution in [0.15, 0.2) is 5.16 Å². The number of oxime groups is 1. The number of nitrogens with zero attached hydrogens (tertiary/aromatic N) is 1. The molecule has 48 valence electrons. The topological polar surface area (TPSA) is 41.8 Å². The summed E-state index contributed by atoms with van der Waals surface area (Å²) < 4.78 is 0. The van der Waals surface area contributed by atoms with Crippen molar-refractivity contribution in [3.63, 3.8) is 0 Å². The highest BCUT2D eigenvalue weighted by atomic mass is 16.6. The Morgan fingerprint density at radius 1 is 1.75 bits per heavy atom. The molecule has 0 unspecified atom stereocenters. The van der Waals surface area contributed by atoms with E-state index in [9.17, 15) is 0 Å². The largest absolute Gasteiger partial charge is 0.393 e. The van der Waals surface area contributed by atoms with Crippen LogP contribution in [-0.4, -0.2) is 24.0 Å². The molecule has 1 N–H and O–H groups in total. The zero-order valence-electron chi connectivity index (χ0n) is 5.22. The Balaban J connectivity index is 3.24. The highest BCUT2D eigenvalue weighted by molar-refractivity contribution is 5.21. The van der Waals surface area contributed by atoms with Crippen LogP contribution in [0.4, 0.5) is 0 Å². The first-order valence-electron chi connectivity index (χ1n) is 2.36. The highest BCUT2D eigenvalue weighted by Gasteiger charge is 2.11. The summed E-state index contributed by atoms with van der Waals surface area (Å²) >= 11 is 0. The van der Waals surface area contributed by atoms with Crippen LogP contribution in [0, 0.1) is 0 Å². The van der Waals surface area contributed by atoms with E-state index in [-0.39, 0.29) is 6.61 Å². The Morgan fingerprint density at radius 2 is 2.25 bits per heavy atom. The summed E-state index contributed by atoms with van der Waals surface area (Å²) in [4.78, 5) is 4.46. The summed E-state index contributed by atoms with van der Waals surface area (Å²) in [5.74, 6) is 0. The third kappa shape index (κ3) is 5.43. The van der Waals surface area contributed by atoms with Gasteiger partial charge < -0.3 is 9.94 Å². The molecule has 0 rings (SSSR count). The van der Waals surface area contributed by atoms with E-state index in [1.54, 1.807) is 13.8 Å². The molecule has 3 nitrogen and oxygen atoms in total. The van der Waals surface area contributed by atoms with Gasteiger partial charge in [-0.1, -0.05) is 0 Å². The first kappa shape index (κ1) is 7.43. The fraction of sp³-hybridized carbons (Fsp3) is 0.800. The normalized spacial score (nSPS) is 10.9. The van der Waals surface area contributed by atoms with Crippen LogP contribution in [0.25, 0.3) is 0 Å². The van der Waals surface area contributed by atoms with Gasteiger partial charge in [-0.3, -0.25) is 0 Å². The molecule has 0 aliphatic carbocycles. The zero-order chi connectivity index (χ0) is 6.62. The van der Waals surface area contributed by atoms with E-state index in [1.165, 1.54) is 0 Å². The third-order valence-electron chi connectivity index (χ3n) is 0.509. The van der Waals surface area contributed by atoms with E-state index in [1.807, 2.05) is 0 Å². The SMILES string of the molecule is C=NOCC(C)(C)O. The molecule has 0 amide bonds.